The van der Waals surface area contributed by atoms with Gasteiger partial charge in [-0.25, -0.2) is 8.78 Å². The van der Waals surface area contributed by atoms with Crippen LogP contribution < -0.4 is 0 Å². The van der Waals surface area contributed by atoms with Crippen LogP contribution in [0.1, 0.15) is 34.1 Å². The van der Waals surface area contributed by atoms with Gasteiger partial charge in [0, 0.05) is 11.8 Å². The molecule has 0 bridgehead atoms. The van der Waals surface area contributed by atoms with Gasteiger partial charge in [0.1, 0.15) is 18.7 Å². The molecule has 4 aromatic carbocycles. The van der Waals surface area contributed by atoms with Crippen molar-refractivity contribution in [3.05, 3.63) is 143 Å². The third-order valence-corrected chi connectivity index (χ3v) is 6.02. The lowest BCUT2D eigenvalue weighted by Crippen LogP contribution is -2.25. The molecule has 0 spiro atoms. The lowest BCUT2D eigenvalue weighted by Gasteiger charge is -2.27. The maximum atomic E-state index is 13.8. The van der Waals surface area contributed by atoms with Gasteiger partial charge in [-0.05, 0) is 59.4 Å². The van der Waals surface area contributed by atoms with Gasteiger partial charge in [-0.2, -0.15) is 0 Å². The Bertz CT molecular complexity index is 1100. The molecule has 0 fully saturated rings. The van der Waals surface area contributed by atoms with E-state index < -0.39 is 0 Å². The van der Waals surface area contributed by atoms with Crippen LogP contribution in [0.2, 0.25) is 0 Å². The van der Waals surface area contributed by atoms with Gasteiger partial charge in [-0.3, -0.25) is 0 Å². The van der Waals surface area contributed by atoms with Crippen molar-refractivity contribution >= 4 is 5.71 Å². The van der Waals surface area contributed by atoms with E-state index >= 15 is 0 Å². The van der Waals surface area contributed by atoms with E-state index in [4.69, 9.17) is 4.84 Å². The van der Waals surface area contributed by atoms with Gasteiger partial charge in [-0.1, -0.05) is 90.1 Å². The summed E-state index contributed by atoms with van der Waals surface area (Å²) in [7, 11) is 1.54. The molecule has 34 heavy (non-hydrogen) atoms. The zero-order valence-corrected chi connectivity index (χ0v) is 19.1. The molecule has 2 nitrogen and oxygen atoms in total. The van der Waals surface area contributed by atoms with Crippen molar-refractivity contribution in [2.45, 2.75) is 24.7 Å². The van der Waals surface area contributed by atoms with Crippen molar-refractivity contribution in [1.82, 2.24) is 0 Å². The van der Waals surface area contributed by atoms with Gasteiger partial charge >= 0.3 is 0 Å². The fraction of sp³-hybridized carbons (Fsp3) is 0.167. The number of benzene rings is 4. The van der Waals surface area contributed by atoms with Crippen LogP contribution in [0.3, 0.4) is 0 Å². The van der Waals surface area contributed by atoms with Gasteiger partial charge < -0.3 is 4.84 Å². The first-order valence-electron chi connectivity index (χ1n) is 11.3. The molecule has 0 aliphatic rings. The van der Waals surface area contributed by atoms with E-state index in [0.29, 0.717) is 12.8 Å². The van der Waals surface area contributed by atoms with Crippen molar-refractivity contribution in [1.29, 1.82) is 0 Å². The van der Waals surface area contributed by atoms with Crippen molar-refractivity contribution in [2.24, 2.45) is 5.16 Å². The third-order valence-electron chi connectivity index (χ3n) is 6.02. The highest BCUT2D eigenvalue weighted by Crippen LogP contribution is 2.33. The lowest BCUT2D eigenvalue weighted by atomic mass is 9.77. The molecule has 0 amide bonds. The molecule has 0 N–H and O–H groups in total. The summed E-state index contributed by atoms with van der Waals surface area (Å²) in [5, 5.41) is 4.54. The predicted octanol–water partition coefficient (Wildman–Crippen LogP) is 7.32. The van der Waals surface area contributed by atoms with E-state index in [0.717, 1.165) is 28.0 Å². The first kappa shape index (κ1) is 23.4. The Morgan fingerprint density at radius 2 is 1.00 bits per heavy atom. The van der Waals surface area contributed by atoms with E-state index in [1.807, 2.05) is 36.4 Å². The standard InChI is InChI=1S/C30H27F2NO/c1-34-33-30(28(20-22-8-4-2-5-9-22)24-12-16-26(31)17-13-24)29(21-23-10-6-3-7-11-23)25-14-18-27(32)19-15-25/h2-19,28-29H,20-21H2,1H3. The highest BCUT2D eigenvalue weighted by atomic mass is 19.1. The molecule has 4 rings (SSSR count). The number of nitrogens with zero attached hydrogens (tertiary/aromatic N) is 1. The van der Waals surface area contributed by atoms with E-state index in [9.17, 15) is 8.78 Å². The van der Waals surface area contributed by atoms with Crippen LogP contribution in [0.5, 0.6) is 0 Å². The molecule has 0 heterocycles. The Kier molecular flexibility index (Phi) is 7.82. The molecule has 0 aliphatic heterocycles. The Morgan fingerprint density at radius 3 is 1.35 bits per heavy atom. The molecule has 0 aromatic heterocycles. The summed E-state index contributed by atoms with van der Waals surface area (Å²) in [5.74, 6) is -0.901. The smallest absolute Gasteiger partial charge is 0.123 e. The van der Waals surface area contributed by atoms with E-state index in [1.54, 1.807) is 24.3 Å². The molecule has 0 saturated heterocycles. The Balaban J connectivity index is 1.82. The fourth-order valence-corrected chi connectivity index (χ4v) is 4.35. The van der Waals surface area contributed by atoms with E-state index in [1.165, 1.54) is 31.4 Å². The van der Waals surface area contributed by atoms with Crippen molar-refractivity contribution in [3.8, 4) is 0 Å². The van der Waals surface area contributed by atoms with Crippen LogP contribution >= 0.6 is 0 Å². The highest BCUT2D eigenvalue weighted by molar-refractivity contribution is 5.96. The third kappa shape index (κ3) is 5.96. The SMILES string of the molecule is CON=C(C(Cc1ccccc1)c1ccc(F)cc1)C(Cc1ccccc1)c1ccc(F)cc1. The predicted molar refractivity (Wildman–Crippen MR) is 133 cm³/mol. The fourth-order valence-electron chi connectivity index (χ4n) is 4.35. The van der Waals surface area contributed by atoms with Crippen LogP contribution in [0.4, 0.5) is 8.78 Å². The molecule has 0 saturated carbocycles. The van der Waals surface area contributed by atoms with E-state index in [2.05, 4.69) is 29.4 Å². The van der Waals surface area contributed by atoms with Crippen molar-refractivity contribution < 1.29 is 13.6 Å². The Morgan fingerprint density at radius 1 is 0.618 bits per heavy atom. The zero-order chi connectivity index (χ0) is 23.8. The minimum atomic E-state index is -0.285. The summed E-state index contributed by atoms with van der Waals surface area (Å²) in [6.45, 7) is 0. The largest absolute Gasteiger partial charge is 0.399 e. The van der Waals surface area contributed by atoms with Gasteiger partial charge in [-0.15, -0.1) is 0 Å². The first-order chi connectivity index (χ1) is 16.6. The maximum Gasteiger partial charge on any atom is 0.123 e. The number of oxime groups is 1. The molecule has 4 aromatic rings. The monoisotopic (exact) mass is 455 g/mol. The van der Waals surface area contributed by atoms with Gasteiger partial charge in [0.15, 0.2) is 0 Å². The minimum Gasteiger partial charge on any atom is -0.399 e. The van der Waals surface area contributed by atoms with Crippen LogP contribution in [0.15, 0.2) is 114 Å². The number of hydrogen-bond acceptors (Lipinski definition) is 2. The summed E-state index contributed by atoms with van der Waals surface area (Å²) < 4.78 is 27.6. The highest BCUT2D eigenvalue weighted by Gasteiger charge is 2.29. The van der Waals surface area contributed by atoms with Crippen molar-refractivity contribution in [2.75, 3.05) is 7.11 Å². The Hall–Kier alpha value is -3.79. The average molecular weight is 456 g/mol. The second kappa shape index (κ2) is 11.4. The summed E-state index contributed by atoms with van der Waals surface area (Å²) in [5.41, 5.74) is 4.98. The number of rotatable bonds is 9. The summed E-state index contributed by atoms with van der Waals surface area (Å²) in [6.07, 6.45) is 1.34. The van der Waals surface area contributed by atoms with Gasteiger partial charge in [0.2, 0.25) is 0 Å². The van der Waals surface area contributed by atoms with Gasteiger partial charge in [0.05, 0.1) is 5.71 Å². The molecular weight excluding hydrogens is 428 g/mol. The second-order valence-corrected chi connectivity index (χ2v) is 8.29. The molecule has 2 atom stereocenters. The molecule has 172 valence electrons. The number of halogens is 2. The number of hydrogen-bond donors (Lipinski definition) is 0. The van der Waals surface area contributed by atoms with Crippen LogP contribution in [0, 0.1) is 11.6 Å². The summed E-state index contributed by atoms with van der Waals surface area (Å²) >= 11 is 0. The lowest BCUT2D eigenvalue weighted by molar-refractivity contribution is 0.210. The van der Waals surface area contributed by atoms with Crippen LogP contribution in [0.25, 0.3) is 0 Å². The van der Waals surface area contributed by atoms with Crippen LogP contribution in [-0.4, -0.2) is 12.8 Å². The summed E-state index contributed by atoms with van der Waals surface area (Å²) in [6, 6.07) is 33.4. The summed E-state index contributed by atoms with van der Waals surface area (Å²) in [4.78, 5) is 5.37. The molecule has 0 radical (unpaired) electrons. The Labute approximate surface area is 199 Å². The topological polar surface area (TPSA) is 21.6 Å². The van der Waals surface area contributed by atoms with Gasteiger partial charge in [0.25, 0.3) is 0 Å². The molecule has 0 aliphatic carbocycles. The van der Waals surface area contributed by atoms with Crippen LogP contribution in [-0.2, 0) is 17.7 Å². The first-order valence-corrected chi connectivity index (χ1v) is 11.3. The quantitative estimate of drug-likeness (QED) is 0.191. The van der Waals surface area contributed by atoms with Crippen molar-refractivity contribution in [3.63, 3.8) is 0 Å². The molecule has 2 unspecified atom stereocenters. The second-order valence-electron chi connectivity index (χ2n) is 8.29. The normalized spacial score (nSPS) is 12.6. The maximum absolute atomic E-state index is 13.8. The molecule has 4 heteroatoms. The minimum absolute atomic E-state index is 0.165. The average Bonchev–Trinajstić information content (AvgIpc) is 2.87. The van der Waals surface area contributed by atoms with E-state index in [-0.39, 0.29) is 23.5 Å². The zero-order valence-electron chi connectivity index (χ0n) is 19.1. The molecular formula is C30H27F2NO.